The fourth-order valence-electron chi connectivity index (χ4n) is 6.42. The average molecular weight is 430 g/mol. The van der Waals surface area contributed by atoms with Crippen LogP contribution in [0.15, 0.2) is 24.3 Å². The molecule has 1 aromatic carbocycles. The average Bonchev–Trinajstić information content (AvgIpc) is 2.97. The predicted octanol–water partition coefficient (Wildman–Crippen LogP) is 4.46. The molecule has 31 heavy (non-hydrogen) atoms. The van der Waals surface area contributed by atoms with E-state index in [-0.39, 0.29) is 23.7 Å². The number of hydrogen-bond donors (Lipinski definition) is 0. The van der Waals surface area contributed by atoms with Gasteiger partial charge in [0, 0.05) is 38.0 Å². The summed E-state index contributed by atoms with van der Waals surface area (Å²) in [5.74, 6) is -0.255. The second kappa shape index (κ2) is 7.75. The van der Waals surface area contributed by atoms with Crippen molar-refractivity contribution in [3.05, 3.63) is 29.8 Å². The summed E-state index contributed by atoms with van der Waals surface area (Å²) in [7, 11) is 4.09. The molecule has 4 heterocycles. The molecule has 1 spiro atoms. The number of fused-ring (bicyclic) bond motifs is 2. The van der Waals surface area contributed by atoms with Gasteiger partial charge in [-0.3, -0.25) is 4.79 Å². The van der Waals surface area contributed by atoms with Crippen molar-refractivity contribution < 1.29 is 24.0 Å². The minimum atomic E-state index is -0.830. The van der Waals surface area contributed by atoms with Gasteiger partial charge in [-0.25, -0.2) is 9.78 Å². The maximum atomic E-state index is 13.1. The molecular formula is C25H35NO5. The van der Waals surface area contributed by atoms with E-state index in [2.05, 4.69) is 36.1 Å². The van der Waals surface area contributed by atoms with Crippen LogP contribution in [-0.4, -0.2) is 37.7 Å². The van der Waals surface area contributed by atoms with E-state index >= 15 is 0 Å². The molecule has 2 bridgehead atoms. The third-order valence-electron chi connectivity index (χ3n) is 8.22. The first kappa shape index (κ1) is 21.2. The number of carbonyl (C=O) groups is 1. The zero-order valence-corrected chi connectivity index (χ0v) is 19.1. The second-order valence-corrected chi connectivity index (χ2v) is 10.4. The Morgan fingerprint density at radius 2 is 1.84 bits per heavy atom. The highest BCUT2D eigenvalue weighted by molar-refractivity contribution is 5.74. The van der Waals surface area contributed by atoms with Crippen molar-refractivity contribution in [2.45, 2.75) is 76.5 Å². The van der Waals surface area contributed by atoms with Gasteiger partial charge < -0.3 is 14.4 Å². The fraction of sp³-hybridized carbons (Fsp3) is 0.720. The Bertz CT molecular complexity index is 826. The third kappa shape index (κ3) is 3.47. The van der Waals surface area contributed by atoms with Crippen LogP contribution in [0.5, 0.6) is 0 Å². The summed E-state index contributed by atoms with van der Waals surface area (Å²) in [5, 5.41) is 0. The van der Waals surface area contributed by atoms with E-state index in [9.17, 15) is 4.79 Å². The molecule has 6 rings (SSSR count). The van der Waals surface area contributed by atoms with Crippen LogP contribution < -0.4 is 4.90 Å². The van der Waals surface area contributed by atoms with Crippen molar-refractivity contribution in [1.29, 1.82) is 0 Å². The van der Waals surface area contributed by atoms with E-state index in [1.807, 2.05) is 21.0 Å². The molecule has 1 saturated carbocycles. The molecule has 4 aliphatic heterocycles. The van der Waals surface area contributed by atoms with Gasteiger partial charge in [0.2, 0.25) is 12.1 Å². The number of nitrogens with zero attached hydrogens (tertiary/aromatic N) is 1. The number of carbonyl (C=O) groups excluding carboxylic acids is 1. The maximum Gasteiger partial charge on any atom is 0.311 e. The van der Waals surface area contributed by atoms with E-state index in [4.69, 9.17) is 19.2 Å². The lowest BCUT2D eigenvalue weighted by atomic mass is 9.57. The largest absolute Gasteiger partial charge is 0.432 e. The highest BCUT2D eigenvalue weighted by atomic mass is 17.3. The zero-order chi connectivity index (χ0) is 21.8. The van der Waals surface area contributed by atoms with Crippen LogP contribution in [0.3, 0.4) is 0 Å². The fourth-order valence-corrected chi connectivity index (χ4v) is 6.42. The summed E-state index contributed by atoms with van der Waals surface area (Å²) in [4.78, 5) is 27.2. The van der Waals surface area contributed by atoms with E-state index in [1.54, 1.807) is 0 Å². The van der Waals surface area contributed by atoms with Crippen molar-refractivity contribution >= 4 is 11.7 Å². The lowest BCUT2D eigenvalue weighted by Crippen LogP contribution is -2.70. The molecule has 4 saturated heterocycles. The standard InChI is InChI=1S/C25H35NO5/c1-16-8-13-21-19(7-5-6-17-9-11-18(12-10-17)26(3)4)22(27)28-23-25(21)20(16)14-15-24(2,29-23)30-31-25/h9-12,16,19-21,23H,5-8,13-15H2,1-4H3/t16-,19-,20?,21+,23-,24-,25-/m1/s1. The molecule has 5 fully saturated rings. The Morgan fingerprint density at radius 3 is 2.58 bits per heavy atom. The van der Waals surface area contributed by atoms with Gasteiger partial charge >= 0.3 is 5.97 Å². The second-order valence-electron chi connectivity index (χ2n) is 10.4. The Balaban J connectivity index is 1.33. The van der Waals surface area contributed by atoms with Gasteiger partial charge in [0.25, 0.3) is 0 Å². The monoisotopic (exact) mass is 429 g/mol. The normalized spacial score (nSPS) is 41.3. The van der Waals surface area contributed by atoms with Gasteiger partial charge in [0.05, 0.1) is 5.92 Å². The molecule has 170 valence electrons. The molecule has 0 amide bonds. The summed E-state index contributed by atoms with van der Waals surface area (Å²) >= 11 is 0. The van der Waals surface area contributed by atoms with Crippen LogP contribution in [0.4, 0.5) is 5.69 Å². The first-order chi connectivity index (χ1) is 14.8. The first-order valence-corrected chi connectivity index (χ1v) is 11.8. The molecule has 7 atom stereocenters. The topological polar surface area (TPSA) is 57.2 Å². The molecule has 5 aliphatic rings. The number of ether oxygens (including phenoxy) is 2. The molecule has 0 N–H and O–H groups in total. The van der Waals surface area contributed by atoms with Gasteiger partial charge in [-0.05, 0) is 69.1 Å². The summed E-state index contributed by atoms with van der Waals surface area (Å²) < 4.78 is 12.1. The minimum Gasteiger partial charge on any atom is -0.432 e. The highest BCUT2D eigenvalue weighted by Crippen LogP contribution is 2.60. The summed E-state index contributed by atoms with van der Waals surface area (Å²) in [5.41, 5.74) is 1.83. The number of benzene rings is 1. The number of anilines is 1. The number of hydrogen-bond acceptors (Lipinski definition) is 6. The van der Waals surface area contributed by atoms with Gasteiger partial charge in [-0.1, -0.05) is 19.1 Å². The smallest absolute Gasteiger partial charge is 0.311 e. The third-order valence-corrected chi connectivity index (χ3v) is 8.22. The van der Waals surface area contributed by atoms with Crippen molar-refractivity contribution in [3.8, 4) is 0 Å². The molecule has 0 aromatic heterocycles. The van der Waals surface area contributed by atoms with E-state index in [0.29, 0.717) is 5.92 Å². The molecule has 1 unspecified atom stereocenters. The Labute approximate surface area is 185 Å². The van der Waals surface area contributed by atoms with Gasteiger partial charge in [-0.2, -0.15) is 0 Å². The van der Waals surface area contributed by atoms with Crippen LogP contribution in [0.2, 0.25) is 0 Å². The van der Waals surface area contributed by atoms with Crippen molar-refractivity contribution in [3.63, 3.8) is 0 Å². The molecule has 0 radical (unpaired) electrons. The van der Waals surface area contributed by atoms with Crippen LogP contribution in [-0.2, 0) is 30.5 Å². The first-order valence-electron chi connectivity index (χ1n) is 11.8. The van der Waals surface area contributed by atoms with Gasteiger partial charge in [0.1, 0.15) is 0 Å². The lowest BCUT2D eigenvalue weighted by Gasteiger charge is -2.58. The lowest BCUT2D eigenvalue weighted by molar-refractivity contribution is -0.559. The van der Waals surface area contributed by atoms with E-state index in [1.165, 1.54) is 11.3 Å². The number of aryl methyl sites for hydroxylation is 1. The molecule has 1 aromatic rings. The molecule has 6 nitrogen and oxygen atoms in total. The van der Waals surface area contributed by atoms with Crippen LogP contribution in [0, 0.1) is 23.7 Å². The highest BCUT2D eigenvalue weighted by Gasteiger charge is 2.70. The summed E-state index contributed by atoms with van der Waals surface area (Å²) in [6.07, 6.45) is 5.84. The minimum absolute atomic E-state index is 0.0821. The summed E-state index contributed by atoms with van der Waals surface area (Å²) in [6, 6.07) is 8.65. The molecule has 6 heteroatoms. The molecular weight excluding hydrogens is 394 g/mol. The van der Waals surface area contributed by atoms with Crippen molar-refractivity contribution in [1.82, 2.24) is 0 Å². The number of rotatable bonds is 5. The van der Waals surface area contributed by atoms with Crippen molar-refractivity contribution in [2.75, 3.05) is 19.0 Å². The molecule has 1 aliphatic carbocycles. The van der Waals surface area contributed by atoms with E-state index in [0.717, 1.165) is 44.9 Å². The van der Waals surface area contributed by atoms with E-state index < -0.39 is 17.7 Å². The quantitative estimate of drug-likeness (QED) is 0.509. The zero-order valence-electron chi connectivity index (χ0n) is 19.1. The van der Waals surface area contributed by atoms with Gasteiger partial charge in [-0.15, -0.1) is 0 Å². The Kier molecular flexibility index (Phi) is 5.31. The van der Waals surface area contributed by atoms with Crippen molar-refractivity contribution in [2.24, 2.45) is 23.7 Å². The number of esters is 1. The van der Waals surface area contributed by atoms with Crippen LogP contribution in [0.1, 0.15) is 57.9 Å². The van der Waals surface area contributed by atoms with Crippen LogP contribution in [0.25, 0.3) is 0 Å². The predicted molar refractivity (Wildman–Crippen MR) is 116 cm³/mol. The SMILES string of the molecule is C[C@@H]1CC[C@H]2[C@@H](CCCc3ccc(N(C)C)cc3)C(=O)O[C@@H]3O[C@@]4(C)CCC1[C@]32OO4. The van der Waals surface area contributed by atoms with Crippen LogP contribution >= 0.6 is 0 Å². The Morgan fingerprint density at radius 1 is 1.06 bits per heavy atom. The Hall–Kier alpha value is -1.63. The summed E-state index contributed by atoms with van der Waals surface area (Å²) in [6.45, 7) is 4.18. The van der Waals surface area contributed by atoms with Gasteiger partial charge in [0.15, 0.2) is 5.60 Å². The maximum absolute atomic E-state index is 13.1.